The summed E-state index contributed by atoms with van der Waals surface area (Å²) in [5.41, 5.74) is -1.31. The molecule has 0 spiro atoms. The number of β-amino-alcohol motifs (C(OH)–C–C–N with tert-alkyl or cyclic N) is 1. The third-order valence-corrected chi connectivity index (χ3v) is 4.65. The minimum Gasteiger partial charge on any atom is -0.491 e. The van der Waals surface area contributed by atoms with Crippen molar-refractivity contribution in [1.29, 1.82) is 0 Å². The van der Waals surface area contributed by atoms with Gasteiger partial charge in [0.1, 0.15) is 18.2 Å². The fourth-order valence-electron chi connectivity index (χ4n) is 3.31. The van der Waals surface area contributed by atoms with Crippen LogP contribution in [0, 0.1) is 5.82 Å². The Bertz CT molecular complexity index is 666. The van der Waals surface area contributed by atoms with Crippen LogP contribution in [0.2, 0.25) is 0 Å². The molecule has 3 rings (SSSR count). The first-order valence-corrected chi connectivity index (χ1v) is 8.08. The van der Waals surface area contributed by atoms with E-state index in [4.69, 9.17) is 4.74 Å². The number of hydrogen-bond acceptors (Lipinski definition) is 4. The van der Waals surface area contributed by atoms with Crippen molar-refractivity contribution in [2.75, 3.05) is 26.2 Å². The molecule has 0 saturated carbocycles. The van der Waals surface area contributed by atoms with E-state index in [0.717, 1.165) is 0 Å². The maximum atomic E-state index is 14.1. The second-order valence-corrected chi connectivity index (χ2v) is 6.37. The van der Waals surface area contributed by atoms with Gasteiger partial charge in [-0.1, -0.05) is 6.07 Å². The highest BCUT2D eigenvalue weighted by molar-refractivity contribution is 5.86. The van der Waals surface area contributed by atoms with Gasteiger partial charge in [0.2, 0.25) is 5.91 Å². The molecular weight excluding hydrogens is 315 g/mol. The van der Waals surface area contributed by atoms with Gasteiger partial charge >= 0.3 is 0 Å². The van der Waals surface area contributed by atoms with Crippen LogP contribution in [0.1, 0.15) is 25.3 Å². The van der Waals surface area contributed by atoms with Crippen molar-refractivity contribution in [3.05, 3.63) is 29.6 Å². The molecule has 0 radical (unpaired) electrons. The molecule has 2 aliphatic rings. The third kappa shape index (κ3) is 3.08. The lowest BCUT2D eigenvalue weighted by Crippen LogP contribution is -2.58. The fourth-order valence-corrected chi connectivity index (χ4v) is 3.31. The van der Waals surface area contributed by atoms with Gasteiger partial charge in [0.15, 0.2) is 5.60 Å². The van der Waals surface area contributed by atoms with Gasteiger partial charge in [0, 0.05) is 19.0 Å². The lowest BCUT2D eigenvalue weighted by Gasteiger charge is -2.40. The predicted molar refractivity (Wildman–Crippen MR) is 83.7 cm³/mol. The summed E-state index contributed by atoms with van der Waals surface area (Å²) in [6, 6.07) is 4.55. The van der Waals surface area contributed by atoms with Gasteiger partial charge in [-0.3, -0.25) is 9.59 Å². The van der Waals surface area contributed by atoms with E-state index in [1.54, 1.807) is 12.1 Å². The van der Waals surface area contributed by atoms with Crippen LogP contribution in [-0.2, 0) is 16.1 Å². The van der Waals surface area contributed by atoms with Gasteiger partial charge < -0.3 is 19.6 Å². The van der Waals surface area contributed by atoms with E-state index in [-0.39, 0.29) is 38.6 Å². The Morgan fingerprint density at radius 3 is 2.83 bits per heavy atom. The Balaban J connectivity index is 1.82. The number of carbonyl (C=O) groups excluding carboxylic acids is 2. The molecule has 7 heteroatoms. The molecule has 0 aromatic heterocycles. The summed E-state index contributed by atoms with van der Waals surface area (Å²) in [7, 11) is 0. The number of halogens is 1. The summed E-state index contributed by atoms with van der Waals surface area (Å²) in [5, 5.41) is 10.8. The van der Waals surface area contributed by atoms with Crippen molar-refractivity contribution < 1.29 is 23.8 Å². The van der Waals surface area contributed by atoms with Gasteiger partial charge in [-0.25, -0.2) is 4.39 Å². The van der Waals surface area contributed by atoms with Gasteiger partial charge in [0.25, 0.3) is 5.91 Å². The summed E-state index contributed by atoms with van der Waals surface area (Å²) in [6.07, 6.45) is 0.841. The molecule has 2 amide bonds. The number of hydrogen-bond donors (Lipinski definition) is 1. The Morgan fingerprint density at radius 2 is 2.08 bits per heavy atom. The van der Waals surface area contributed by atoms with Crippen LogP contribution in [0.25, 0.3) is 0 Å². The highest BCUT2D eigenvalue weighted by atomic mass is 19.1. The van der Waals surface area contributed by atoms with Crippen LogP contribution >= 0.6 is 0 Å². The van der Waals surface area contributed by atoms with Crippen molar-refractivity contribution in [3.63, 3.8) is 0 Å². The number of amides is 2. The number of nitrogens with zero attached hydrogens (tertiary/aromatic N) is 2. The minimum absolute atomic E-state index is 0.0251. The summed E-state index contributed by atoms with van der Waals surface area (Å²) in [6.45, 7) is 2.46. The molecule has 1 atom stereocenters. The monoisotopic (exact) mass is 336 g/mol. The Kier molecular flexibility index (Phi) is 4.45. The number of carbonyl (C=O) groups is 2. The molecule has 0 unspecified atom stereocenters. The smallest absolute Gasteiger partial charge is 0.256 e. The van der Waals surface area contributed by atoms with Crippen LogP contribution in [0.4, 0.5) is 4.39 Å². The van der Waals surface area contributed by atoms with E-state index < -0.39 is 17.3 Å². The molecule has 1 aromatic rings. The molecule has 0 bridgehead atoms. The van der Waals surface area contributed by atoms with Crippen molar-refractivity contribution in [2.24, 2.45) is 0 Å². The molecule has 1 fully saturated rings. The zero-order valence-corrected chi connectivity index (χ0v) is 13.6. The number of piperidine rings is 1. The molecular formula is C17H21FN2O4. The standard InChI is InChI=1S/C17H21FN2O4/c1-12(21)20-7-3-6-17(23,11-20)16(22)19-8-9-24-15-5-2-4-14(18)13(15)10-19/h2,4-5,23H,3,6-11H2,1H3/t17-/m1/s1. The number of rotatable bonds is 1. The van der Waals surface area contributed by atoms with Crippen molar-refractivity contribution in [3.8, 4) is 5.75 Å². The Hall–Kier alpha value is -2.15. The van der Waals surface area contributed by atoms with Gasteiger partial charge in [-0.15, -0.1) is 0 Å². The van der Waals surface area contributed by atoms with E-state index in [9.17, 15) is 19.1 Å². The van der Waals surface area contributed by atoms with E-state index in [0.29, 0.717) is 24.3 Å². The summed E-state index contributed by atoms with van der Waals surface area (Å²) in [4.78, 5) is 27.3. The zero-order valence-electron chi connectivity index (χ0n) is 13.6. The lowest BCUT2D eigenvalue weighted by molar-refractivity contribution is -0.160. The van der Waals surface area contributed by atoms with Crippen molar-refractivity contribution >= 4 is 11.8 Å². The van der Waals surface area contributed by atoms with Crippen LogP contribution in [0.3, 0.4) is 0 Å². The van der Waals surface area contributed by atoms with Gasteiger partial charge in [-0.2, -0.15) is 0 Å². The largest absolute Gasteiger partial charge is 0.491 e. The maximum absolute atomic E-state index is 14.1. The number of aliphatic hydroxyl groups is 1. The van der Waals surface area contributed by atoms with Crippen molar-refractivity contribution in [1.82, 2.24) is 9.80 Å². The molecule has 1 aromatic carbocycles. The van der Waals surface area contributed by atoms with Crippen LogP contribution in [0.5, 0.6) is 5.75 Å². The molecule has 2 aliphatic heterocycles. The average Bonchev–Trinajstić information content (AvgIpc) is 2.77. The SMILES string of the molecule is CC(=O)N1CCC[C@](O)(C(=O)N2CCOc3cccc(F)c3C2)C1. The average molecular weight is 336 g/mol. The molecule has 24 heavy (non-hydrogen) atoms. The van der Waals surface area contributed by atoms with Crippen LogP contribution < -0.4 is 4.74 Å². The normalized spacial score (nSPS) is 24.0. The maximum Gasteiger partial charge on any atom is 0.256 e. The first-order valence-electron chi connectivity index (χ1n) is 8.08. The van der Waals surface area contributed by atoms with Gasteiger partial charge in [0.05, 0.1) is 19.6 Å². The Morgan fingerprint density at radius 1 is 1.29 bits per heavy atom. The number of fused-ring (bicyclic) bond motifs is 1. The summed E-state index contributed by atoms with van der Waals surface area (Å²) < 4.78 is 19.6. The topological polar surface area (TPSA) is 70.1 Å². The second-order valence-electron chi connectivity index (χ2n) is 6.37. The van der Waals surface area contributed by atoms with E-state index in [1.165, 1.54) is 22.8 Å². The second kappa shape index (κ2) is 6.39. The van der Waals surface area contributed by atoms with E-state index in [2.05, 4.69) is 0 Å². The predicted octanol–water partition coefficient (Wildman–Crippen LogP) is 0.920. The zero-order chi connectivity index (χ0) is 17.3. The third-order valence-electron chi connectivity index (χ3n) is 4.65. The highest BCUT2D eigenvalue weighted by Gasteiger charge is 2.44. The quantitative estimate of drug-likeness (QED) is 0.828. The molecule has 1 saturated heterocycles. The first kappa shape index (κ1) is 16.7. The molecule has 0 aliphatic carbocycles. The molecule has 1 N–H and O–H groups in total. The lowest BCUT2D eigenvalue weighted by atomic mass is 9.91. The van der Waals surface area contributed by atoms with E-state index >= 15 is 0 Å². The number of likely N-dealkylation sites (tertiary alicyclic amines) is 1. The molecule has 2 heterocycles. The van der Waals surface area contributed by atoms with Crippen LogP contribution in [-0.4, -0.2) is 58.6 Å². The van der Waals surface area contributed by atoms with E-state index in [1.807, 2.05) is 0 Å². The summed E-state index contributed by atoms with van der Waals surface area (Å²) >= 11 is 0. The summed E-state index contributed by atoms with van der Waals surface area (Å²) in [5.74, 6) is -0.663. The van der Waals surface area contributed by atoms with Gasteiger partial charge in [-0.05, 0) is 25.0 Å². The fraction of sp³-hybridized carbons (Fsp3) is 0.529. The molecule has 6 nitrogen and oxygen atoms in total. The van der Waals surface area contributed by atoms with Crippen LogP contribution in [0.15, 0.2) is 18.2 Å². The van der Waals surface area contributed by atoms with Crippen molar-refractivity contribution in [2.45, 2.75) is 31.9 Å². The Labute approximate surface area is 139 Å². The minimum atomic E-state index is -1.63. The highest BCUT2D eigenvalue weighted by Crippen LogP contribution is 2.29. The molecule has 130 valence electrons. The number of ether oxygens (including phenoxy) is 1. The number of benzene rings is 1. The first-order chi connectivity index (χ1) is 11.4.